The van der Waals surface area contributed by atoms with E-state index in [-0.39, 0.29) is 12.2 Å². The summed E-state index contributed by atoms with van der Waals surface area (Å²) in [5.41, 5.74) is 0.758. The van der Waals surface area contributed by atoms with Gasteiger partial charge in [0.15, 0.2) is 0 Å². The molecule has 1 rings (SSSR count). The van der Waals surface area contributed by atoms with Gasteiger partial charge >= 0.3 is 0 Å². The molecule has 0 unspecified atom stereocenters. The maximum Gasteiger partial charge on any atom is 0.136 e. The fourth-order valence-electron chi connectivity index (χ4n) is 0.770. The molecule has 1 nitrogen and oxygen atoms in total. The average Bonchev–Trinajstić information content (AvgIpc) is 1.99. The third-order valence-corrected chi connectivity index (χ3v) is 2.51. The first-order valence-corrected chi connectivity index (χ1v) is 4.13. The van der Waals surface area contributed by atoms with Gasteiger partial charge in [-0.3, -0.25) is 0 Å². The summed E-state index contributed by atoms with van der Waals surface area (Å²) in [6, 6.07) is 6.75. The van der Waals surface area contributed by atoms with Crippen LogP contribution in [0.25, 0.3) is 0 Å². The summed E-state index contributed by atoms with van der Waals surface area (Å²) in [5, 5.41) is 8.36. The smallest absolute Gasteiger partial charge is 0.136 e. The van der Waals surface area contributed by atoms with Crippen molar-refractivity contribution in [3.8, 4) is 6.07 Å². The predicted octanol–water partition coefficient (Wildman–Crippen LogP) is 2.50. The number of benzene rings is 1. The van der Waals surface area contributed by atoms with Crippen molar-refractivity contribution < 1.29 is 4.39 Å². The Labute approximate surface area is 78.0 Å². The van der Waals surface area contributed by atoms with E-state index in [0.717, 1.165) is 5.56 Å². The summed E-state index contributed by atoms with van der Waals surface area (Å²) < 4.78 is 13.3. The molecule has 0 aliphatic rings. The molecule has 0 aliphatic carbocycles. The molecule has 0 saturated heterocycles. The molecule has 0 amide bonds. The zero-order valence-corrected chi connectivity index (χ0v) is 7.80. The van der Waals surface area contributed by atoms with Gasteiger partial charge in [-0.15, -0.1) is 0 Å². The number of halogens is 2. The molecule has 0 heterocycles. The Kier molecular flexibility index (Phi) is 2.83. The Bertz CT molecular complexity index is 303. The van der Waals surface area contributed by atoms with Crippen LogP contribution in [0.15, 0.2) is 18.2 Å². The van der Waals surface area contributed by atoms with Gasteiger partial charge in [0.1, 0.15) is 5.82 Å². The SMILES string of the molecule is N#CCc1cccc(F)c1I. The first-order valence-electron chi connectivity index (χ1n) is 3.05. The fourth-order valence-corrected chi connectivity index (χ4v) is 1.32. The number of hydrogen-bond acceptors (Lipinski definition) is 1. The Morgan fingerprint density at radius 3 is 2.91 bits per heavy atom. The summed E-state index contributed by atoms with van der Waals surface area (Å²) >= 11 is 1.90. The van der Waals surface area contributed by atoms with E-state index < -0.39 is 0 Å². The summed E-state index contributed by atoms with van der Waals surface area (Å²) in [4.78, 5) is 0. The van der Waals surface area contributed by atoms with Crippen LogP contribution in [-0.2, 0) is 6.42 Å². The van der Waals surface area contributed by atoms with Gasteiger partial charge in [0, 0.05) is 0 Å². The summed E-state index contributed by atoms with van der Waals surface area (Å²) in [6.07, 6.45) is 0.274. The van der Waals surface area contributed by atoms with Crippen molar-refractivity contribution in [1.29, 1.82) is 5.26 Å². The third kappa shape index (κ3) is 1.90. The molecule has 0 aliphatic heterocycles. The van der Waals surface area contributed by atoms with Gasteiger partial charge in [-0.05, 0) is 34.2 Å². The molecule has 56 valence electrons. The van der Waals surface area contributed by atoms with E-state index in [1.807, 2.05) is 28.7 Å². The first-order chi connectivity index (χ1) is 5.25. The molecule has 0 bridgehead atoms. The van der Waals surface area contributed by atoms with Crippen LogP contribution in [0.1, 0.15) is 5.56 Å². The standard InChI is InChI=1S/C8H5FIN/c9-7-3-1-2-6(4-5-11)8(7)10/h1-3H,4H2. The highest BCUT2D eigenvalue weighted by molar-refractivity contribution is 14.1. The van der Waals surface area contributed by atoms with Crippen molar-refractivity contribution in [2.24, 2.45) is 0 Å². The van der Waals surface area contributed by atoms with Crippen LogP contribution < -0.4 is 0 Å². The molecule has 0 atom stereocenters. The second-order valence-corrected chi connectivity index (χ2v) is 3.13. The molecule has 3 heteroatoms. The van der Waals surface area contributed by atoms with Gasteiger partial charge in [-0.25, -0.2) is 4.39 Å². The summed E-state index contributed by atoms with van der Waals surface area (Å²) in [7, 11) is 0. The van der Waals surface area contributed by atoms with Crippen LogP contribution in [0.4, 0.5) is 4.39 Å². The van der Waals surface area contributed by atoms with Gasteiger partial charge in [0.05, 0.1) is 16.1 Å². The highest BCUT2D eigenvalue weighted by Gasteiger charge is 2.02. The second kappa shape index (κ2) is 3.67. The Morgan fingerprint density at radius 1 is 1.55 bits per heavy atom. The van der Waals surface area contributed by atoms with E-state index in [0.29, 0.717) is 3.57 Å². The molecule has 1 aromatic carbocycles. The molecule has 0 spiro atoms. The van der Waals surface area contributed by atoms with Crippen LogP contribution in [0.5, 0.6) is 0 Å². The lowest BCUT2D eigenvalue weighted by molar-refractivity contribution is 0.618. The van der Waals surface area contributed by atoms with Crippen LogP contribution in [0.3, 0.4) is 0 Å². The van der Waals surface area contributed by atoms with E-state index in [1.165, 1.54) is 6.07 Å². The average molecular weight is 261 g/mol. The van der Waals surface area contributed by atoms with E-state index >= 15 is 0 Å². The van der Waals surface area contributed by atoms with Gasteiger partial charge < -0.3 is 0 Å². The van der Waals surface area contributed by atoms with Crippen molar-refractivity contribution in [3.05, 3.63) is 33.1 Å². The first kappa shape index (κ1) is 8.47. The van der Waals surface area contributed by atoms with Crippen molar-refractivity contribution in [3.63, 3.8) is 0 Å². The van der Waals surface area contributed by atoms with Crippen molar-refractivity contribution in [2.45, 2.75) is 6.42 Å². The normalized spacial score (nSPS) is 9.18. The zero-order valence-electron chi connectivity index (χ0n) is 5.64. The quantitative estimate of drug-likeness (QED) is 0.712. The minimum absolute atomic E-state index is 0.252. The highest BCUT2D eigenvalue weighted by Crippen LogP contribution is 2.15. The third-order valence-electron chi connectivity index (χ3n) is 1.30. The lowest BCUT2D eigenvalue weighted by Gasteiger charge is -1.98. The van der Waals surface area contributed by atoms with Crippen LogP contribution in [0.2, 0.25) is 0 Å². The largest absolute Gasteiger partial charge is 0.206 e. The van der Waals surface area contributed by atoms with E-state index in [2.05, 4.69) is 0 Å². The molecule has 0 fully saturated rings. The lowest BCUT2D eigenvalue weighted by atomic mass is 10.2. The molecule has 0 radical (unpaired) electrons. The van der Waals surface area contributed by atoms with Crippen molar-refractivity contribution in [2.75, 3.05) is 0 Å². The van der Waals surface area contributed by atoms with Gasteiger partial charge in [-0.1, -0.05) is 12.1 Å². The predicted molar refractivity (Wildman–Crippen MR) is 48.4 cm³/mol. The van der Waals surface area contributed by atoms with Crippen LogP contribution >= 0.6 is 22.6 Å². The fraction of sp³-hybridized carbons (Fsp3) is 0.125. The monoisotopic (exact) mass is 261 g/mol. The van der Waals surface area contributed by atoms with Crippen LogP contribution in [-0.4, -0.2) is 0 Å². The molecule has 0 saturated carbocycles. The summed E-state index contributed by atoms with van der Waals surface area (Å²) in [5.74, 6) is -0.252. The van der Waals surface area contributed by atoms with Crippen molar-refractivity contribution >= 4 is 22.6 Å². The van der Waals surface area contributed by atoms with E-state index in [1.54, 1.807) is 12.1 Å². The lowest BCUT2D eigenvalue weighted by Crippen LogP contribution is -1.90. The maximum atomic E-state index is 12.8. The topological polar surface area (TPSA) is 23.8 Å². The van der Waals surface area contributed by atoms with E-state index in [4.69, 9.17) is 5.26 Å². The van der Waals surface area contributed by atoms with Gasteiger partial charge in [0.2, 0.25) is 0 Å². The number of hydrogen-bond donors (Lipinski definition) is 0. The molecule has 0 N–H and O–H groups in total. The number of rotatable bonds is 1. The maximum absolute atomic E-state index is 12.8. The number of nitrogens with zero attached hydrogens (tertiary/aromatic N) is 1. The van der Waals surface area contributed by atoms with E-state index in [9.17, 15) is 4.39 Å². The summed E-state index contributed by atoms with van der Waals surface area (Å²) in [6.45, 7) is 0. The number of nitriles is 1. The Hall–Kier alpha value is -0.630. The van der Waals surface area contributed by atoms with Crippen molar-refractivity contribution in [1.82, 2.24) is 0 Å². The minimum atomic E-state index is -0.252. The molecule has 11 heavy (non-hydrogen) atoms. The van der Waals surface area contributed by atoms with Gasteiger partial charge in [-0.2, -0.15) is 5.26 Å². The molecule has 0 aromatic heterocycles. The Balaban J connectivity index is 3.08. The van der Waals surface area contributed by atoms with Crippen LogP contribution in [0, 0.1) is 20.7 Å². The highest BCUT2D eigenvalue weighted by atomic mass is 127. The second-order valence-electron chi connectivity index (χ2n) is 2.05. The molecular formula is C8H5FIN. The Morgan fingerprint density at radius 2 is 2.27 bits per heavy atom. The molecular weight excluding hydrogens is 256 g/mol. The zero-order chi connectivity index (χ0) is 8.27. The minimum Gasteiger partial charge on any atom is -0.206 e. The van der Waals surface area contributed by atoms with Gasteiger partial charge in [0.25, 0.3) is 0 Å². The molecule has 1 aromatic rings.